The van der Waals surface area contributed by atoms with Crippen LogP contribution in [0.1, 0.15) is 21.7 Å². The summed E-state index contributed by atoms with van der Waals surface area (Å²) in [5.41, 5.74) is 0.255. The number of carboxylic acids is 1. The summed E-state index contributed by atoms with van der Waals surface area (Å²) < 4.78 is 4.88. The summed E-state index contributed by atoms with van der Waals surface area (Å²) >= 11 is 0. The normalized spacial score (nSPS) is 10.2. The van der Waals surface area contributed by atoms with Gasteiger partial charge in [-0.25, -0.2) is 9.78 Å². The van der Waals surface area contributed by atoms with Gasteiger partial charge in [0.2, 0.25) is 5.88 Å². The summed E-state index contributed by atoms with van der Waals surface area (Å²) in [4.78, 5) is 28.9. The Morgan fingerprint density at radius 1 is 1.37 bits per heavy atom. The number of H-pyrrole nitrogens is 1. The summed E-state index contributed by atoms with van der Waals surface area (Å²) in [5.74, 6) is -1.38. The topological polar surface area (TPSA) is 92.3 Å². The molecular formula is C13H12N2O4. The van der Waals surface area contributed by atoms with E-state index in [1.54, 1.807) is 0 Å². The van der Waals surface area contributed by atoms with Gasteiger partial charge >= 0.3 is 5.97 Å². The van der Waals surface area contributed by atoms with Gasteiger partial charge in [0.1, 0.15) is 5.69 Å². The minimum absolute atomic E-state index is 0.0990. The lowest BCUT2D eigenvalue weighted by molar-refractivity contribution is 0.0685. The molecule has 0 aliphatic heterocycles. The number of aromatic nitrogens is 2. The number of carboxylic acid groups (broad SMARTS) is 1. The van der Waals surface area contributed by atoms with E-state index < -0.39 is 11.5 Å². The van der Waals surface area contributed by atoms with Gasteiger partial charge in [0.25, 0.3) is 5.56 Å². The average Bonchev–Trinajstić information content (AvgIpc) is 2.41. The number of methoxy groups -OCH3 is 1. The van der Waals surface area contributed by atoms with E-state index in [9.17, 15) is 9.59 Å². The average molecular weight is 260 g/mol. The third kappa shape index (κ3) is 2.79. The van der Waals surface area contributed by atoms with Crippen LogP contribution in [-0.2, 0) is 6.42 Å². The number of benzene rings is 1. The number of carbonyl (C=O) groups is 1. The highest BCUT2D eigenvalue weighted by Crippen LogP contribution is 2.12. The lowest BCUT2D eigenvalue weighted by Crippen LogP contribution is -2.21. The molecule has 2 aromatic rings. The van der Waals surface area contributed by atoms with Gasteiger partial charge in [0, 0.05) is 6.42 Å². The van der Waals surface area contributed by atoms with Crippen LogP contribution in [0.15, 0.2) is 35.1 Å². The fourth-order valence-corrected chi connectivity index (χ4v) is 1.67. The molecule has 2 N–H and O–H groups in total. The van der Waals surface area contributed by atoms with Crippen LogP contribution < -0.4 is 10.3 Å². The standard InChI is InChI=1S/C13H12N2O4/c1-19-12-10(13(17)18)15-11(16)9(14-12)7-8-5-3-2-4-6-8/h2-6H,7H2,1H3,(H,15,16)(H,17,18). The molecule has 0 unspecified atom stereocenters. The Morgan fingerprint density at radius 3 is 2.63 bits per heavy atom. The SMILES string of the molecule is COc1nc(Cc2ccccc2)c(=O)[nH]c1C(=O)O. The highest BCUT2D eigenvalue weighted by atomic mass is 16.5. The van der Waals surface area contributed by atoms with Gasteiger partial charge in [-0.05, 0) is 5.56 Å². The Kier molecular flexibility index (Phi) is 3.61. The molecule has 0 aliphatic carbocycles. The maximum absolute atomic E-state index is 11.8. The van der Waals surface area contributed by atoms with E-state index in [-0.39, 0.29) is 17.3 Å². The van der Waals surface area contributed by atoms with Gasteiger partial charge < -0.3 is 14.8 Å². The van der Waals surface area contributed by atoms with Crippen LogP contribution in [0.25, 0.3) is 0 Å². The highest BCUT2D eigenvalue weighted by Gasteiger charge is 2.16. The Morgan fingerprint density at radius 2 is 2.05 bits per heavy atom. The van der Waals surface area contributed by atoms with Crippen LogP contribution in [0.5, 0.6) is 5.88 Å². The Bertz CT molecular complexity index is 649. The number of nitrogens with zero attached hydrogens (tertiary/aromatic N) is 1. The zero-order valence-electron chi connectivity index (χ0n) is 10.2. The molecule has 6 heteroatoms. The molecule has 0 aliphatic rings. The van der Waals surface area contributed by atoms with Gasteiger partial charge in [0.15, 0.2) is 5.69 Å². The largest absolute Gasteiger partial charge is 0.479 e. The molecule has 1 heterocycles. The number of hydrogen-bond donors (Lipinski definition) is 2. The first-order valence-electron chi connectivity index (χ1n) is 5.56. The zero-order chi connectivity index (χ0) is 13.8. The number of nitrogens with one attached hydrogen (secondary N) is 1. The van der Waals surface area contributed by atoms with E-state index in [0.717, 1.165) is 5.56 Å². The minimum atomic E-state index is -1.28. The molecule has 0 amide bonds. The van der Waals surface area contributed by atoms with E-state index in [4.69, 9.17) is 9.84 Å². The predicted octanol–water partition coefficient (Wildman–Crippen LogP) is 1.07. The minimum Gasteiger partial charge on any atom is -0.479 e. The maximum atomic E-state index is 11.8. The highest BCUT2D eigenvalue weighted by molar-refractivity contribution is 5.87. The first-order chi connectivity index (χ1) is 9.11. The molecule has 98 valence electrons. The predicted molar refractivity (Wildman–Crippen MR) is 67.6 cm³/mol. The zero-order valence-corrected chi connectivity index (χ0v) is 10.2. The summed E-state index contributed by atoms with van der Waals surface area (Å²) in [7, 11) is 1.30. The van der Waals surface area contributed by atoms with Crippen molar-refractivity contribution in [1.82, 2.24) is 9.97 Å². The molecule has 0 fully saturated rings. The number of rotatable bonds is 4. The van der Waals surface area contributed by atoms with Gasteiger partial charge in [-0.3, -0.25) is 4.79 Å². The molecular weight excluding hydrogens is 248 g/mol. The molecule has 0 saturated heterocycles. The van der Waals surface area contributed by atoms with Gasteiger partial charge in [-0.1, -0.05) is 30.3 Å². The van der Waals surface area contributed by atoms with E-state index in [2.05, 4.69) is 9.97 Å². The molecule has 2 rings (SSSR count). The van der Waals surface area contributed by atoms with Crippen molar-refractivity contribution in [3.05, 3.63) is 57.6 Å². The van der Waals surface area contributed by atoms with Crippen LogP contribution >= 0.6 is 0 Å². The number of aromatic amines is 1. The van der Waals surface area contributed by atoms with Crippen LogP contribution in [0.2, 0.25) is 0 Å². The Labute approximate surface area is 108 Å². The molecule has 6 nitrogen and oxygen atoms in total. The quantitative estimate of drug-likeness (QED) is 0.857. The fourth-order valence-electron chi connectivity index (χ4n) is 1.67. The van der Waals surface area contributed by atoms with Crippen molar-refractivity contribution in [3.63, 3.8) is 0 Å². The maximum Gasteiger partial charge on any atom is 0.358 e. The van der Waals surface area contributed by atoms with Crippen molar-refractivity contribution in [2.45, 2.75) is 6.42 Å². The molecule has 0 saturated carbocycles. The molecule has 19 heavy (non-hydrogen) atoms. The summed E-state index contributed by atoms with van der Waals surface area (Å²) in [6, 6.07) is 9.30. The van der Waals surface area contributed by atoms with Gasteiger partial charge in [-0.15, -0.1) is 0 Å². The number of hydrogen-bond acceptors (Lipinski definition) is 4. The summed E-state index contributed by atoms with van der Waals surface area (Å²) in [6.45, 7) is 0. The molecule has 0 radical (unpaired) electrons. The Hall–Kier alpha value is -2.63. The van der Waals surface area contributed by atoms with Crippen LogP contribution in [0, 0.1) is 0 Å². The van der Waals surface area contributed by atoms with E-state index in [1.807, 2.05) is 30.3 Å². The number of ether oxygens (including phenoxy) is 1. The van der Waals surface area contributed by atoms with Crippen molar-refractivity contribution in [3.8, 4) is 5.88 Å². The van der Waals surface area contributed by atoms with E-state index in [0.29, 0.717) is 6.42 Å². The molecule has 1 aromatic heterocycles. The van der Waals surface area contributed by atoms with Gasteiger partial charge in [0.05, 0.1) is 7.11 Å². The third-order valence-corrected chi connectivity index (χ3v) is 2.57. The first kappa shape index (κ1) is 12.8. The lowest BCUT2D eigenvalue weighted by atomic mass is 10.1. The van der Waals surface area contributed by atoms with Crippen molar-refractivity contribution < 1.29 is 14.6 Å². The second-order valence-corrected chi connectivity index (χ2v) is 3.86. The van der Waals surface area contributed by atoms with Crippen molar-refractivity contribution in [2.75, 3.05) is 7.11 Å². The fraction of sp³-hybridized carbons (Fsp3) is 0.154. The summed E-state index contributed by atoms with van der Waals surface area (Å²) in [6.07, 6.45) is 0.312. The van der Waals surface area contributed by atoms with E-state index >= 15 is 0 Å². The first-order valence-corrected chi connectivity index (χ1v) is 5.56. The molecule has 0 spiro atoms. The smallest absolute Gasteiger partial charge is 0.358 e. The monoisotopic (exact) mass is 260 g/mol. The van der Waals surface area contributed by atoms with Crippen molar-refractivity contribution in [1.29, 1.82) is 0 Å². The second kappa shape index (κ2) is 5.34. The van der Waals surface area contributed by atoms with Crippen LogP contribution in [0.3, 0.4) is 0 Å². The van der Waals surface area contributed by atoms with Gasteiger partial charge in [-0.2, -0.15) is 0 Å². The molecule has 0 bridgehead atoms. The lowest BCUT2D eigenvalue weighted by Gasteiger charge is -2.06. The summed E-state index contributed by atoms with van der Waals surface area (Å²) in [5, 5.41) is 8.91. The third-order valence-electron chi connectivity index (χ3n) is 2.57. The van der Waals surface area contributed by atoms with E-state index in [1.165, 1.54) is 7.11 Å². The number of aromatic carboxylic acids is 1. The van der Waals surface area contributed by atoms with Crippen molar-refractivity contribution in [2.24, 2.45) is 0 Å². The van der Waals surface area contributed by atoms with Crippen LogP contribution in [-0.4, -0.2) is 28.2 Å². The Balaban J connectivity index is 2.42. The molecule has 0 atom stereocenters. The van der Waals surface area contributed by atoms with Crippen molar-refractivity contribution >= 4 is 5.97 Å². The molecule has 1 aromatic carbocycles. The second-order valence-electron chi connectivity index (χ2n) is 3.86. The van der Waals surface area contributed by atoms with Crippen LogP contribution in [0.4, 0.5) is 0 Å².